The number of oxime groups is 1. The lowest BCUT2D eigenvalue weighted by Crippen LogP contribution is -2.05. The largest absolute Gasteiger partial charge is 0.297 e. The molecule has 0 aromatic rings. The minimum absolute atomic E-state index is 0.746. The molecule has 1 rings (SSSR count). The molecule has 0 aromatic carbocycles. The fourth-order valence-electron chi connectivity index (χ4n) is 0.565. The molecule has 1 aliphatic rings. The molecule has 4 heteroatoms. The molecule has 1 heterocycles. The molecule has 0 bridgehead atoms. The third-order valence-corrected chi connectivity index (χ3v) is 1.50. The van der Waals surface area contributed by atoms with Gasteiger partial charge in [0.15, 0.2) is 5.84 Å². The van der Waals surface area contributed by atoms with E-state index >= 15 is 0 Å². The van der Waals surface area contributed by atoms with E-state index in [1.807, 2.05) is 18.2 Å². The van der Waals surface area contributed by atoms with Crippen molar-refractivity contribution in [2.24, 2.45) is 5.16 Å². The molecule has 0 unspecified atom stereocenters. The molecule has 1 N–H and O–H groups in total. The summed E-state index contributed by atoms with van der Waals surface area (Å²) >= 11 is 1.12. The van der Waals surface area contributed by atoms with E-state index < -0.39 is 0 Å². The molecule has 0 amide bonds. The molecule has 0 saturated heterocycles. The van der Waals surface area contributed by atoms with Gasteiger partial charge in [-0.2, -0.15) is 0 Å². The Balaban J connectivity index is 2.28. The Hall–Kier alpha value is -0.900. The van der Waals surface area contributed by atoms with Crippen LogP contribution < -0.4 is 4.72 Å². The lowest BCUT2D eigenvalue weighted by atomic mass is 10.4. The van der Waals surface area contributed by atoms with Gasteiger partial charge in [0.2, 0.25) is 12.2 Å². The Labute approximate surface area is 70.5 Å². The van der Waals surface area contributed by atoms with Crippen LogP contribution in [0.3, 0.4) is 0 Å². The third kappa shape index (κ3) is 3.13. The summed E-state index contributed by atoms with van der Waals surface area (Å²) in [5, 5.41) is 3.68. The fourth-order valence-corrected chi connectivity index (χ4v) is 0.910. The normalized spacial score (nSPS) is 17.0. The van der Waals surface area contributed by atoms with Crippen LogP contribution >= 0.6 is 12.2 Å². The number of nitrogens with zero attached hydrogens (tertiary/aromatic N) is 1. The van der Waals surface area contributed by atoms with Crippen LogP contribution in [-0.4, -0.2) is 5.84 Å². The molecule has 0 fully saturated rings. The fraction of sp³-hybridized carbons (Fsp3) is 0.286. The number of rotatable bonds is 3. The van der Waals surface area contributed by atoms with Gasteiger partial charge in [0, 0.05) is 0 Å². The number of nitrogens with one attached hydrogen (secondary N) is 1. The van der Waals surface area contributed by atoms with E-state index in [0.29, 0.717) is 0 Å². The molecule has 60 valence electrons. The van der Waals surface area contributed by atoms with Gasteiger partial charge < -0.3 is 0 Å². The summed E-state index contributed by atoms with van der Waals surface area (Å²) in [6.45, 7) is 2.09. The summed E-state index contributed by atoms with van der Waals surface area (Å²) in [4.78, 5) is 0. The Bertz CT molecular complexity index is 199. The van der Waals surface area contributed by atoms with Crippen molar-refractivity contribution in [2.45, 2.75) is 13.3 Å². The Morgan fingerprint density at radius 1 is 1.64 bits per heavy atom. The summed E-state index contributed by atoms with van der Waals surface area (Å²) < 4.78 is 7.49. The Morgan fingerprint density at radius 2 is 2.55 bits per heavy atom. The summed E-state index contributed by atoms with van der Waals surface area (Å²) in [5.74, 6) is 0.746. The monoisotopic (exact) mass is 170 g/mol. The molecular weight excluding hydrogens is 160 g/mol. The van der Waals surface area contributed by atoms with Gasteiger partial charge in [0.1, 0.15) is 0 Å². The van der Waals surface area contributed by atoms with E-state index in [9.17, 15) is 0 Å². The number of allylic oxidation sites excluding steroid dienone is 3. The van der Waals surface area contributed by atoms with Crippen molar-refractivity contribution in [1.29, 1.82) is 0 Å². The van der Waals surface area contributed by atoms with Gasteiger partial charge in [-0.1, -0.05) is 25.2 Å². The second kappa shape index (κ2) is 4.85. The molecule has 0 aliphatic carbocycles. The van der Waals surface area contributed by atoms with Crippen LogP contribution in [0.1, 0.15) is 13.3 Å². The van der Waals surface area contributed by atoms with Crippen molar-refractivity contribution in [3.05, 3.63) is 24.3 Å². The zero-order chi connectivity index (χ0) is 7.94. The lowest BCUT2D eigenvalue weighted by molar-refractivity contribution is 0.416. The van der Waals surface area contributed by atoms with Crippen LogP contribution in [0.25, 0.3) is 0 Å². The molecule has 0 radical (unpaired) electrons. The van der Waals surface area contributed by atoms with Crippen LogP contribution in [-0.2, 0) is 4.28 Å². The van der Waals surface area contributed by atoms with Crippen molar-refractivity contribution in [2.75, 3.05) is 0 Å². The molecular formula is C7H10N2OS. The predicted molar refractivity (Wildman–Crippen MR) is 47.8 cm³/mol. The first-order chi connectivity index (χ1) is 5.43. The van der Waals surface area contributed by atoms with E-state index in [1.54, 1.807) is 0 Å². The highest BCUT2D eigenvalue weighted by Crippen LogP contribution is 2.05. The van der Waals surface area contributed by atoms with Gasteiger partial charge in [0.25, 0.3) is 0 Å². The first kappa shape index (κ1) is 8.20. The zero-order valence-corrected chi connectivity index (χ0v) is 7.10. The quantitative estimate of drug-likeness (QED) is 0.399. The van der Waals surface area contributed by atoms with Gasteiger partial charge in [-0.05, 0) is 17.7 Å². The van der Waals surface area contributed by atoms with Gasteiger partial charge >= 0.3 is 0 Å². The van der Waals surface area contributed by atoms with Crippen LogP contribution in [0.15, 0.2) is 29.5 Å². The highest BCUT2D eigenvalue weighted by molar-refractivity contribution is 7.93. The van der Waals surface area contributed by atoms with Crippen molar-refractivity contribution >= 4 is 18.1 Å². The van der Waals surface area contributed by atoms with E-state index in [2.05, 4.69) is 27.2 Å². The average molecular weight is 170 g/mol. The Morgan fingerprint density at radius 3 is 3.18 bits per heavy atom. The van der Waals surface area contributed by atoms with E-state index in [0.717, 1.165) is 24.5 Å². The molecule has 3 nitrogen and oxygen atoms in total. The van der Waals surface area contributed by atoms with Crippen LogP contribution in [0.5, 0.6) is 0 Å². The van der Waals surface area contributed by atoms with Crippen molar-refractivity contribution in [3.63, 3.8) is 0 Å². The van der Waals surface area contributed by atoms with Gasteiger partial charge in [-0.25, -0.2) is 0 Å². The third-order valence-electron chi connectivity index (χ3n) is 1.06. The zero-order valence-electron chi connectivity index (χ0n) is 6.28. The van der Waals surface area contributed by atoms with Gasteiger partial charge in [-0.15, -0.1) is 0 Å². The number of hydrogen-bond donors (Lipinski definition) is 1. The molecule has 11 heavy (non-hydrogen) atoms. The SMILES string of the molecule is CCC=CC=CC1=NOSN1. The van der Waals surface area contributed by atoms with E-state index in [4.69, 9.17) is 0 Å². The van der Waals surface area contributed by atoms with Crippen molar-refractivity contribution in [1.82, 2.24) is 4.72 Å². The molecule has 0 saturated carbocycles. The summed E-state index contributed by atoms with van der Waals surface area (Å²) in [7, 11) is 0. The molecule has 0 spiro atoms. The number of amidine groups is 1. The maximum absolute atomic E-state index is 4.63. The molecule has 0 atom stereocenters. The first-order valence-corrected chi connectivity index (χ1v) is 4.17. The van der Waals surface area contributed by atoms with Gasteiger partial charge in [-0.3, -0.25) is 9.01 Å². The molecule has 0 aromatic heterocycles. The number of hydrogen-bond acceptors (Lipinski definition) is 4. The summed E-state index contributed by atoms with van der Waals surface area (Å²) in [6.07, 6.45) is 8.87. The predicted octanol–water partition coefficient (Wildman–Crippen LogP) is 2.01. The summed E-state index contributed by atoms with van der Waals surface area (Å²) in [6, 6.07) is 0. The lowest BCUT2D eigenvalue weighted by Gasteiger charge is -1.83. The highest BCUT2D eigenvalue weighted by atomic mass is 32.2. The summed E-state index contributed by atoms with van der Waals surface area (Å²) in [5.41, 5.74) is 0. The van der Waals surface area contributed by atoms with Crippen LogP contribution in [0.2, 0.25) is 0 Å². The van der Waals surface area contributed by atoms with Crippen molar-refractivity contribution < 1.29 is 4.28 Å². The smallest absolute Gasteiger partial charge is 0.208 e. The second-order valence-electron chi connectivity index (χ2n) is 1.93. The van der Waals surface area contributed by atoms with E-state index in [-0.39, 0.29) is 0 Å². The maximum Gasteiger partial charge on any atom is 0.208 e. The van der Waals surface area contributed by atoms with Gasteiger partial charge in [0.05, 0.1) is 0 Å². The topological polar surface area (TPSA) is 33.6 Å². The highest BCUT2D eigenvalue weighted by Gasteiger charge is 2.01. The minimum atomic E-state index is 0.746. The average Bonchev–Trinajstić information content (AvgIpc) is 2.50. The minimum Gasteiger partial charge on any atom is -0.297 e. The van der Waals surface area contributed by atoms with Crippen LogP contribution in [0, 0.1) is 0 Å². The Kier molecular flexibility index (Phi) is 3.61. The van der Waals surface area contributed by atoms with Crippen molar-refractivity contribution in [3.8, 4) is 0 Å². The van der Waals surface area contributed by atoms with Crippen LogP contribution in [0.4, 0.5) is 0 Å². The molecule has 1 aliphatic heterocycles. The van der Waals surface area contributed by atoms with E-state index in [1.165, 1.54) is 0 Å². The first-order valence-electron chi connectivity index (χ1n) is 3.43. The standard InChI is InChI=1S/C7H10N2OS/c1-2-3-4-5-6-7-8-10-11-9-7/h3-6H,2H2,1H3,(H,8,9). The maximum atomic E-state index is 4.63. The second-order valence-corrected chi connectivity index (χ2v) is 2.45.